The SMILES string of the molecule is CN1CC2CC1CN2CCN(C(=O)Nc1ccc(F)c(C(F)(F)F)c1)c1ccc(-c2cccc(C#N)c2)cc1. The number of benzene rings is 3. The van der Waals surface area contributed by atoms with Crippen molar-refractivity contribution in [3.8, 4) is 17.2 Å². The van der Waals surface area contributed by atoms with Crippen LogP contribution in [0.4, 0.5) is 33.7 Å². The third-order valence-corrected chi connectivity index (χ3v) is 7.51. The summed E-state index contributed by atoms with van der Waals surface area (Å²) in [7, 11) is 2.10. The van der Waals surface area contributed by atoms with Crippen molar-refractivity contribution >= 4 is 17.4 Å². The quantitative estimate of drug-likeness (QED) is 0.403. The molecule has 0 saturated carbocycles. The highest BCUT2D eigenvalue weighted by Crippen LogP contribution is 2.34. The first-order valence-corrected chi connectivity index (χ1v) is 12.6. The number of nitriles is 1. The molecule has 2 fully saturated rings. The lowest BCUT2D eigenvalue weighted by Gasteiger charge is -2.33. The van der Waals surface area contributed by atoms with Gasteiger partial charge in [-0.25, -0.2) is 9.18 Å². The van der Waals surface area contributed by atoms with Crippen LogP contribution in [0, 0.1) is 17.1 Å². The molecule has 3 aromatic rings. The molecule has 2 unspecified atom stereocenters. The summed E-state index contributed by atoms with van der Waals surface area (Å²) in [6.45, 7) is 2.78. The van der Waals surface area contributed by atoms with Gasteiger partial charge in [-0.3, -0.25) is 9.80 Å². The van der Waals surface area contributed by atoms with Gasteiger partial charge < -0.3 is 10.2 Å². The first-order valence-electron chi connectivity index (χ1n) is 12.6. The van der Waals surface area contributed by atoms with E-state index in [1.54, 1.807) is 30.3 Å². The van der Waals surface area contributed by atoms with Crippen LogP contribution in [0.5, 0.6) is 0 Å². The predicted octanol–water partition coefficient (Wildman–Crippen LogP) is 5.81. The number of piperazine rings is 1. The van der Waals surface area contributed by atoms with Crippen LogP contribution in [0.25, 0.3) is 11.1 Å². The normalized spacial score (nSPS) is 19.2. The van der Waals surface area contributed by atoms with Crippen molar-refractivity contribution in [3.63, 3.8) is 0 Å². The maximum absolute atomic E-state index is 13.8. The first kappa shape index (κ1) is 26.7. The van der Waals surface area contributed by atoms with E-state index in [4.69, 9.17) is 0 Å². The zero-order valence-corrected chi connectivity index (χ0v) is 21.3. The maximum atomic E-state index is 13.8. The Hall–Kier alpha value is -3.94. The highest BCUT2D eigenvalue weighted by Gasteiger charge is 2.41. The minimum atomic E-state index is -4.88. The lowest BCUT2D eigenvalue weighted by atomic mass is 10.0. The fourth-order valence-corrected chi connectivity index (χ4v) is 5.41. The Balaban J connectivity index is 1.38. The van der Waals surface area contributed by atoms with Crippen LogP contribution in [0.1, 0.15) is 17.5 Å². The summed E-state index contributed by atoms with van der Waals surface area (Å²) in [4.78, 5) is 19.6. The average molecular weight is 538 g/mol. The molecule has 2 aliphatic rings. The molecule has 2 atom stereocenters. The third-order valence-electron chi connectivity index (χ3n) is 7.51. The van der Waals surface area contributed by atoms with E-state index in [1.165, 1.54) is 4.90 Å². The van der Waals surface area contributed by atoms with Gasteiger partial charge in [0, 0.05) is 49.6 Å². The third kappa shape index (κ3) is 5.75. The molecule has 2 aliphatic heterocycles. The van der Waals surface area contributed by atoms with E-state index in [0.717, 1.165) is 36.7 Å². The number of likely N-dealkylation sites (N-methyl/N-ethyl adjacent to an activating group) is 1. The number of carbonyl (C=O) groups excluding carboxylic acids is 1. The second-order valence-corrected chi connectivity index (χ2v) is 9.99. The molecule has 2 heterocycles. The molecule has 2 bridgehead atoms. The van der Waals surface area contributed by atoms with Gasteiger partial charge in [0.1, 0.15) is 5.82 Å². The zero-order chi connectivity index (χ0) is 27.7. The van der Waals surface area contributed by atoms with E-state index < -0.39 is 23.6 Å². The Bertz CT molecular complexity index is 1400. The topological polar surface area (TPSA) is 62.6 Å². The van der Waals surface area contributed by atoms with Gasteiger partial charge in [0.05, 0.1) is 17.2 Å². The zero-order valence-electron chi connectivity index (χ0n) is 21.3. The van der Waals surface area contributed by atoms with Crippen LogP contribution in [-0.2, 0) is 6.18 Å². The van der Waals surface area contributed by atoms with E-state index in [0.29, 0.717) is 48.6 Å². The molecular formula is C29H27F4N5O. The van der Waals surface area contributed by atoms with Crippen LogP contribution in [0.15, 0.2) is 66.7 Å². The number of hydrogen-bond acceptors (Lipinski definition) is 4. The summed E-state index contributed by atoms with van der Waals surface area (Å²) in [6.07, 6.45) is -3.81. The summed E-state index contributed by atoms with van der Waals surface area (Å²) < 4.78 is 53.4. The molecule has 1 N–H and O–H groups in total. The summed E-state index contributed by atoms with van der Waals surface area (Å²) in [5.74, 6) is -1.40. The van der Waals surface area contributed by atoms with Gasteiger partial charge in [-0.15, -0.1) is 0 Å². The fourth-order valence-electron chi connectivity index (χ4n) is 5.41. The number of alkyl halides is 3. The lowest BCUT2D eigenvalue weighted by molar-refractivity contribution is -0.139. The Morgan fingerprint density at radius 2 is 1.82 bits per heavy atom. The van der Waals surface area contributed by atoms with E-state index in [-0.39, 0.29) is 5.69 Å². The number of carbonyl (C=O) groups is 1. The van der Waals surface area contributed by atoms with Gasteiger partial charge in [-0.05, 0) is 67.1 Å². The van der Waals surface area contributed by atoms with Crippen molar-refractivity contribution in [1.29, 1.82) is 5.26 Å². The van der Waals surface area contributed by atoms with Gasteiger partial charge in [0.2, 0.25) is 0 Å². The molecule has 202 valence electrons. The van der Waals surface area contributed by atoms with Crippen molar-refractivity contribution in [2.24, 2.45) is 0 Å². The first-order chi connectivity index (χ1) is 18.6. The van der Waals surface area contributed by atoms with E-state index >= 15 is 0 Å². The number of hydrogen-bond donors (Lipinski definition) is 1. The van der Waals surface area contributed by atoms with Crippen molar-refractivity contribution in [2.45, 2.75) is 24.7 Å². The summed E-state index contributed by atoms with van der Waals surface area (Å²) in [6, 6.07) is 19.2. The second-order valence-electron chi connectivity index (χ2n) is 9.99. The average Bonchev–Trinajstić information content (AvgIpc) is 3.49. The lowest BCUT2D eigenvalue weighted by Crippen LogP contribution is -2.48. The molecule has 2 saturated heterocycles. The van der Waals surface area contributed by atoms with E-state index in [2.05, 4.69) is 28.2 Å². The Labute approximate surface area is 224 Å². The number of fused-ring (bicyclic) bond motifs is 2. The highest BCUT2D eigenvalue weighted by molar-refractivity contribution is 6.02. The maximum Gasteiger partial charge on any atom is 0.419 e. The number of anilines is 2. The standard InChI is InChI=1S/C29H27F4N5O/c1-36-17-25-15-24(36)18-37(25)11-12-38(28(39)35-22-7-10-27(30)26(14-22)29(31,32)33)23-8-5-20(6-9-23)21-4-2-3-19(13-21)16-34/h2-10,13-14,24-25H,11-12,15,17-18H2,1H3,(H,35,39). The second kappa shape index (κ2) is 10.7. The number of nitrogens with one attached hydrogen (secondary N) is 1. The summed E-state index contributed by atoms with van der Waals surface area (Å²) >= 11 is 0. The molecule has 39 heavy (non-hydrogen) atoms. The molecule has 2 amide bonds. The number of amides is 2. The molecule has 3 aromatic carbocycles. The predicted molar refractivity (Wildman–Crippen MR) is 141 cm³/mol. The molecule has 6 nitrogen and oxygen atoms in total. The largest absolute Gasteiger partial charge is 0.419 e. The number of halogens is 4. The molecule has 0 aliphatic carbocycles. The molecule has 0 spiro atoms. The Kier molecular flexibility index (Phi) is 7.30. The number of urea groups is 1. The van der Waals surface area contributed by atoms with Gasteiger partial charge in [-0.1, -0.05) is 24.3 Å². The summed E-state index contributed by atoms with van der Waals surface area (Å²) in [5.41, 5.74) is 1.20. The van der Waals surface area contributed by atoms with Gasteiger partial charge in [0.25, 0.3) is 0 Å². The van der Waals surface area contributed by atoms with Crippen LogP contribution < -0.4 is 10.2 Å². The van der Waals surface area contributed by atoms with Gasteiger partial charge in [-0.2, -0.15) is 18.4 Å². The van der Waals surface area contributed by atoms with E-state index in [9.17, 15) is 27.6 Å². The molecule has 5 rings (SSSR count). The minimum Gasteiger partial charge on any atom is -0.308 e. The van der Waals surface area contributed by atoms with Crippen molar-refractivity contribution in [3.05, 3.63) is 83.7 Å². The molecule has 0 aromatic heterocycles. The number of likely N-dealkylation sites (tertiary alicyclic amines) is 2. The van der Waals surface area contributed by atoms with Crippen LogP contribution >= 0.6 is 0 Å². The highest BCUT2D eigenvalue weighted by atomic mass is 19.4. The van der Waals surface area contributed by atoms with Crippen LogP contribution in [-0.4, -0.2) is 61.1 Å². The van der Waals surface area contributed by atoms with Crippen molar-refractivity contribution in [1.82, 2.24) is 9.80 Å². The van der Waals surface area contributed by atoms with Crippen LogP contribution in [0.2, 0.25) is 0 Å². The Morgan fingerprint density at radius 3 is 2.46 bits per heavy atom. The van der Waals surface area contributed by atoms with Gasteiger partial charge in [0.15, 0.2) is 0 Å². The summed E-state index contributed by atoms with van der Waals surface area (Å²) in [5, 5.41) is 11.7. The monoisotopic (exact) mass is 537 g/mol. The number of rotatable bonds is 6. The minimum absolute atomic E-state index is 0.148. The number of nitrogens with zero attached hydrogens (tertiary/aromatic N) is 4. The van der Waals surface area contributed by atoms with E-state index in [1.807, 2.05) is 18.2 Å². The van der Waals surface area contributed by atoms with Gasteiger partial charge >= 0.3 is 12.2 Å². The van der Waals surface area contributed by atoms with Crippen LogP contribution in [0.3, 0.4) is 0 Å². The molecular weight excluding hydrogens is 510 g/mol. The smallest absolute Gasteiger partial charge is 0.308 e. The fraction of sp³-hybridized carbons (Fsp3) is 0.310. The molecule has 0 radical (unpaired) electrons. The Morgan fingerprint density at radius 1 is 1.05 bits per heavy atom. The van der Waals surface area contributed by atoms with Crippen molar-refractivity contribution < 1.29 is 22.4 Å². The molecule has 10 heteroatoms. The van der Waals surface area contributed by atoms with Crippen molar-refractivity contribution in [2.75, 3.05) is 43.4 Å².